The zero-order valence-corrected chi connectivity index (χ0v) is 12.8. The molecule has 0 spiro atoms. The Morgan fingerprint density at radius 3 is 2.70 bits per heavy atom. The third kappa shape index (κ3) is 5.00. The highest BCUT2D eigenvalue weighted by Crippen LogP contribution is 2.19. The summed E-state index contributed by atoms with van der Waals surface area (Å²) in [5.41, 5.74) is 3.52. The predicted molar refractivity (Wildman–Crippen MR) is 84.0 cm³/mol. The van der Waals surface area contributed by atoms with Crippen molar-refractivity contribution in [2.75, 3.05) is 31.6 Å². The molecule has 0 aliphatic heterocycles. The first-order valence-electron chi connectivity index (χ1n) is 6.89. The van der Waals surface area contributed by atoms with E-state index < -0.39 is 0 Å². The predicted octanol–water partition coefficient (Wildman–Crippen LogP) is 2.09. The lowest BCUT2D eigenvalue weighted by atomic mass is 10.1. The smallest absolute Gasteiger partial charge is 0.253 e. The maximum atomic E-state index is 12.1. The van der Waals surface area contributed by atoms with E-state index in [4.69, 9.17) is 17.4 Å². The summed E-state index contributed by atoms with van der Waals surface area (Å²) >= 11 is 5.91. The Morgan fingerprint density at radius 2 is 2.10 bits per heavy atom. The fraction of sp³-hybridized carbons (Fsp3) is 0.500. The Labute approximate surface area is 125 Å². The summed E-state index contributed by atoms with van der Waals surface area (Å²) in [6.45, 7) is 7.72. The minimum absolute atomic E-state index is 0.173. The van der Waals surface area contributed by atoms with Crippen LogP contribution in [0.2, 0.25) is 5.02 Å². The van der Waals surface area contributed by atoms with E-state index in [0.717, 1.165) is 26.1 Å². The molecule has 112 valence electrons. The van der Waals surface area contributed by atoms with Crippen LogP contribution in [-0.2, 0) is 0 Å². The van der Waals surface area contributed by atoms with Gasteiger partial charge in [0.25, 0.3) is 5.91 Å². The van der Waals surface area contributed by atoms with Gasteiger partial charge in [-0.05, 0) is 37.7 Å². The van der Waals surface area contributed by atoms with Crippen molar-refractivity contribution in [3.05, 3.63) is 28.8 Å². The SMILES string of the molecule is CCCN(CC)CCNC(=O)c1cc(Cl)ccc1NN. The van der Waals surface area contributed by atoms with Crippen molar-refractivity contribution in [2.45, 2.75) is 20.3 Å². The van der Waals surface area contributed by atoms with Crippen molar-refractivity contribution in [1.29, 1.82) is 0 Å². The van der Waals surface area contributed by atoms with E-state index in [9.17, 15) is 4.79 Å². The van der Waals surface area contributed by atoms with Crippen molar-refractivity contribution >= 4 is 23.2 Å². The van der Waals surface area contributed by atoms with Crippen molar-refractivity contribution in [1.82, 2.24) is 10.2 Å². The molecule has 0 aromatic heterocycles. The molecule has 4 N–H and O–H groups in total. The summed E-state index contributed by atoms with van der Waals surface area (Å²) in [5.74, 6) is 5.22. The average Bonchev–Trinajstić information content (AvgIpc) is 2.46. The Balaban J connectivity index is 2.56. The number of carbonyl (C=O) groups excluding carboxylic acids is 1. The number of nitrogens with zero attached hydrogens (tertiary/aromatic N) is 1. The van der Waals surface area contributed by atoms with Crippen LogP contribution in [0.25, 0.3) is 0 Å². The highest BCUT2D eigenvalue weighted by Gasteiger charge is 2.11. The second-order valence-corrected chi connectivity index (χ2v) is 4.96. The molecule has 5 nitrogen and oxygen atoms in total. The molecular weight excluding hydrogens is 276 g/mol. The topological polar surface area (TPSA) is 70.4 Å². The fourth-order valence-electron chi connectivity index (χ4n) is 2.00. The van der Waals surface area contributed by atoms with E-state index in [1.165, 1.54) is 0 Å². The molecular formula is C14H23ClN4O. The molecule has 0 saturated carbocycles. The van der Waals surface area contributed by atoms with Crippen molar-refractivity contribution in [3.8, 4) is 0 Å². The van der Waals surface area contributed by atoms with Crippen LogP contribution in [0.4, 0.5) is 5.69 Å². The molecule has 0 fully saturated rings. The maximum absolute atomic E-state index is 12.1. The Morgan fingerprint density at radius 1 is 1.35 bits per heavy atom. The van der Waals surface area contributed by atoms with Crippen LogP contribution in [0.15, 0.2) is 18.2 Å². The van der Waals surface area contributed by atoms with E-state index in [-0.39, 0.29) is 5.91 Å². The zero-order chi connectivity index (χ0) is 15.0. The molecule has 0 radical (unpaired) electrons. The summed E-state index contributed by atoms with van der Waals surface area (Å²) in [6.07, 6.45) is 1.11. The lowest BCUT2D eigenvalue weighted by Crippen LogP contribution is -2.35. The summed E-state index contributed by atoms with van der Waals surface area (Å²) < 4.78 is 0. The van der Waals surface area contributed by atoms with E-state index in [0.29, 0.717) is 22.8 Å². The van der Waals surface area contributed by atoms with Gasteiger partial charge in [-0.3, -0.25) is 10.6 Å². The number of hydrazine groups is 1. The van der Waals surface area contributed by atoms with Gasteiger partial charge in [-0.1, -0.05) is 25.4 Å². The van der Waals surface area contributed by atoms with Gasteiger partial charge in [-0.25, -0.2) is 0 Å². The summed E-state index contributed by atoms with van der Waals surface area (Å²) in [5, 5.41) is 3.40. The van der Waals surface area contributed by atoms with Crippen LogP contribution in [0.1, 0.15) is 30.6 Å². The van der Waals surface area contributed by atoms with E-state index in [2.05, 4.69) is 29.5 Å². The molecule has 1 amide bonds. The van der Waals surface area contributed by atoms with Crippen LogP contribution < -0.4 is 16.6 Å². The van der Waals surface area contributed by atoms with Gasteiger partial charge in [-0.15, -0.1) is 0 Å². The first kappa shape index (κ1) is 16.8. The van der Waals surface area contributed by atoms with Gasteiger partial charge in [0.2, 0.25) is 0 Å². The first-order valence-corrected chi connectivity index (χ1v) is 7.26. The van der Waals surface area contributed by atoms with Crippen LogP contribution >= 0.6 is 11.6 Å². The largest absolute Gasteiger partial charge is 0.351 e. The van der Waals surface area contributed by atoms with Crippen molar-refractivity contribution in [2.24, 2.45) is 5.84 Å². The van der Waals surface area contributed by atoms with Gasteiger partial charge in [0, 0.05) is 18.1 Å². The standard InChI is InChI=1S/C14H23ClN4O/c1-3-8-19(4-2)9-7-17-14(20)12-10-11(15)5-6-13(12)18-16/h5-6,10,18H,3-4,7-9,16H2,1-2H3,(H,17,20). The van der Waals surface area contributed by atoms with Crippen LogP contribution in [0, 0.1) is 0 Å². The number of benzene rings is 1. The number of halogens is 1. The molecule has 0 unspecified atom stereocenters. The molecule has 1 aromatic carbocycles. The third-order valence-corrected chi connectivity index (χ3v) is 3.32. The van der Waals surface area contributed by atoms with Gasteiger partial charge in [-0.2, -0.15) is 0 Å². The molecule has 0 bridgehead atoms. The van der Waals surface area contributed by atoms with Gasteiger partial charge in [0.1, 0.15) is 0 Å². The summed E-state index contributed by atoms with van der Waals surface area (Å²) in [6, 6.07) is 4.98. The minimum atomic E-state index is -0.173. The molecule has 0 heterocycles. The third-order valence-electron chi connectivity index (χ3n) is 3.08. The minimum Gasteiger partial charge on any atom is -0.351 e. The van der Waals surface area contributed by atoms with Gasteiger partial charge in [0.05, 0.1) is 11.3 Å². The molecule has 1 aromatic rings. The number of carbonyl (C=O) groups is 1. The second kappa shape index (κ2) is 8.79. The molecule has 0 aliphatic rings. The van der Waals surface area contributed by atoms with Crippen molar-refractivity contribution < 1.29 is 4.79 Å². The number of amides is 1. The molecule has 0 aliphatic carbocycles. The number of nitrogens with two attached hydrogens (primary N) is 1. The lowest BCUT2D eigenvalue weighted by Gasteiger charge is -2.19. The van der Waals surface area contributed by atoms with Gasteiger partial charge < -0.3 is 15.6 Å². The number of hydrogen-bond acceptors (Lipinski definition) is 4. The Bertz CT molecular complexity index is 439. The molecule has 0 atom stereocenters. The van der Waals surface area contributed by atoms with Gasteiger partial charge >= 0.3 is 0 Å². The molecule has 6 heteroatoms. The monoisotopic (exact) mass is 298 g/mol. The quantitative estimate of drug-likeness (QED) is 0.508. The molecule has 1 rings (SSSR count). The van der Waals surface area contributed by atoms with Crippen LogP contribution in [0.3, 0.4) is 0 Å². The number of nitrogens with one attached hydrogen (secondary N) is 2. The van der Waals surface area contributed by atoms with Crippen LogP contribution in [0.5, 0.6) is 0 Å². The number of likely N-dealkylation sites (N-methyl/N-ethyl adjacent to an activating group) is 1. The highest BCUT2D eigenvalue weighted by atomic mass is 35.5. The van der Waals surface area contributed by atoms with Gasteiger partial charge in [0.15, 0.2) is 0 Å². The number of anilines is 1. The first-order chi connectivity index (χ1) is 9.62. The molecule has 20 heavy (non-hydrogen) atoms. The number of rotatable bonds is 8. The van der Waals surface area contributed by atoms with E-state index >= 15 is 0 Å². The van der Waals surface area contributed by atoms with E-state index in [1.807, 2.05) is 0 Å². The summed E-state index contributed by atoms with van der Waals surface area (Å²) in [7, 11) is 0. The maximum Gasteiger partial charge on any atom is 0.253 e. The fourth-order valence-corrected chi connectivity index (χ4v) is 2.17. The van der Waals surface area contributed by atoms with Crippen LogP contribution in [-0.4, -0.2) is 37.0 Å². The Hall–Kier alpha value is -1.30. The average molecular weight is 299 g/mol. The van der Waals surface area contributed by atoms with E-state index in [1.54, 1.807) is 18.2 Å². The van der Waals surface area contributed by atoms with Crippen molar-refractivity contribution in [3.63, 3.8) is 0 Å². The Kier molecular flexibility index (Phi) is 7.36. The highest BCUT2D eigenvalue weighted by molar-refractivity contribution is 6.31. The summed E-state index contributed by atoms with van der Waals surface area (Å²) in [4.78, 5) is 14.4. The zero-order valence-electron chi connectivity index (χ0n) is 12.1. The number of hydrogen-bond donors (Lipinski definition) is 3. The number of nitrogen functional groups attached to an aromatic ring is 1. The lowest BCUT2D eigenvalue weighted by molar-refractivity contribution is 0.0949. The normalized spacial score (nSPS) is 10.7. The second-order valence-electron chi connectivity index (χ2n) is 4.52. The molecule has 0 saturated heterocycles.